The summed E-state index contributed by atoms with van der Waals surface area (Å²) in [6.45, 7) is 5.89. The number of methoxy groups -OCH3 is 1. The summed E-state index contributed by atoms with van der Waals surface area (Å²) in [6, 6.07) is 7.40. The number of benzene rings is 1. The largest absolute Gasteiger partial charge is 0.368 e. The van der Waals surface area contributed by atoms with Gasteiger partial charge in [-0.1, -0.05) is 45.0 Å². The molecule has 0 radical (unpaired) electrons. The summed E-state index contributed by atoms with van der Waals surface area (Å²) in [4.78, 5) is 12.5. The molecule has 0 aromatic heterocycles. The second-order valence-corrected chi connectivity index (χ2v) is 5.12. The number of ketones is 1. The van der Waals surface area contributed by atoms with Crippen LogP contribution >= 0.6 is 0 Å². The van der Waals surface area contributed by atoms with Crippen molar-refractivity contribution in [2.45, 2.75) is 39.9 Å². The van der Waals surface area contributed by atoms with Gasteiger partial charge in [-0.2, -0.15) is 0 Å². The van der Waals surface area contributed by atoms with E-state index in [-0.39, 0.29) is 11.2 Å². The molecular formula is C15H22O3. The van der Waals surface area contributed by atoms with Crippen molar-refractivity contribution >= 4 is 5.78 Å². The molecule has 0 heterocycles. The molecule has 0 amide bonds. The van der Waals surface area contributed by atoms with E-state index in [1.54, 1.807) is 0 Å². The zero-order valence-electron chi connectivity index (χ0n) is 11.6. The maximum absolute atomic E-state index is 12.5. The van der Waals surface area contributed by atoms with Crippen LogP contribution in [-0.2, 0) is 11.2 Å². The van der Waals surface area contributed by atoms with Crippen LogP contribution in [-0.4, -0.2) is 24.3 Å². The van der Waals surface area contributed by atoms with E-state index in [0.717, 1.165) is 12.0 Å². The highest BCUT2D eigenvalue weighted by molar-refractivity contribution is 6.01. The molecule has 1 aromatic rings. The summed E-state index contributed by atoms with van der Waals surface area (Å²) < 4.78 is 4.85. The fraction of sp³-hybridized carbons (Fsp3) is 0.533. The molecule has 18 heavy (non-hydrogen) atoms. The third-order valence-corrected chi connectivity index (χ3v) is 3.43. The van der Waals surface area contributed by atoms with Gasteiger partial charge in [0.05, 0.1) is 0 Å². The Kier molecular flexibility index (Phi) is 5.05. The lowest BCUT2D eigenvalue weighted by molar-refractivity contribution is -0.0721. The van der Waals surface area contributed by atoms with Gasteiger partial charge >= 0.3 is 0 Å². The number of ether oxygens (including phenoxy) is 1. The lowest BCUT2D eigenvalue weighted by atomic mass is 9.80. The van der Waals surface area contributed by atoms with Gasteiger partial charge in [0, 0.05) is 24.5 Å². The fourth-order valence-electron chi connectivity index (χ4n) is 1.72. The highest BCUT2D eigenvalue weighted by Gasteiger charge is 2.28. The summed E-state index contributed by atoms with van der Waals surface area (Å²) in [6.07, 6.45) is 0.245. The molecule has 1 aromatic carbocycles. The van der Waals surface area contributed by atoms with Crippen molar-refractivity contribution in [1.29, 1.82) is 0 Å². The second kappa shape index (κ2) is 6.12. The van der Waals surface area contributed by atoms with Crippen molar-refractivity contribution in [3.05, 3.63) is 35.4 Å². The molecule has 100 valence electrons. The molecule has 0 saturated heterocycles. The average molecular weight is 250 g/mol. The monoisotopic (exact) mass is 250 g/mol. The molecule has 0 aliphatic rings. The molecule has 0 spiro atoms. The summed E-state index contributed by atoms with van der Waals surface area (Å²) in [7, 11) is 1.45. The lowest BCUT2D eigenvalue weighted by Gasteiger charge is -2.23. The van der Waals surface area contributed by atoms with Crippen LogP contribution in [0.4, 0.5) is 0 Å². The van der Waals surface area contributed by atoms with E-state index in [4.69, 9.17) is 4.74 Å². The highest BCUT2D eigenvalue weighted by Crippen LogP contribution is 2.27. The van der Waals surface area contributed by atoms with E-state index in [0.29, 0.717) is 12.0 Å². The van der Waals surface area contributed by atoms with E-state index in [1.807, 2.05) is 45.0 Å². The third-order valence-electron chi connectivity index (χ3n) is 3.43. The zero-order chi connectivity index (χ0) is 13.8. The van der Waals surface area contributed by atoms with Crippen molar-refractivity contribution in [2.75, 3.05) is 7.11 Å². The highest BCUT2D eigenvalue weighted by atomic mass is 16.6. The summed E-state index contributed by atoms with van der Waals surface area (Å²) >= 11 is 0. The smallest absolute Gasteiger partial charge is 0.168 e. The number of aliphatic hydroxyl groups is 1. The van der Waals surface area contributed by atoms with Gasteiger partial charge in [-0.15, -0.1) is 0 Å². The first kappa shape index (κ1) is 14.9. The van der Waals surface area contributed by atoms with Crippen LogP contribution in [0.5, 0.6) is 0 Å². The van der Waals surface area contributed by atoms with Gasteiger partial charge in [-0.05, 0) is 12.0 Å². The molecule has 1 N–H and O–H groups in total. The first-order valence-corrected chi connectivity index (χ1v) is 6.26. The van der Waals surface area contributed by atoms with E-state index >= 15 is 0 Å². The predicted octanol–water partition coefficient (Wildman–Crippen LogP) is 2.81. The average Bonchev–Trinajstić information content (AvgIpc) is 2.38. The van der Waals surface area contributed by atoms with Crippen molar-refractivity contribution in [3.8, 4) is 0 Å². The Morgan fingerprint density at radius 2 is 2.00 bits per heavy atom. The van der Waals surface area contributed by atoms with Crippen LogP contribution in [0.2, 0.25) is 0 Å². The topological polar surface area (TPSA) is 46.5 Å². The predicted molar refractivity (Wildman–Crippen MR) is 71.6 cm³/mol. The van der Waals surface area contributed by atoms with Gasteiger partial charge in [-0.3, -0.25) is 4.79 Å². The van der Waals surface area contributed by atoms with Crippen molar-refractivity contribution < 1.29 is 14.6 Å². The number of hydrogen-bond acceptors (Lipinski definition) is 3. The molecule has 0 bridgehead atoms. The minimum atomic E-state index is -0.872. The Bertz CT molecular complexity index is 410. The molecule has 1 unspecified atom stereocenters. The van der Waals surface area contributed by atoms with E-state index in [9.17, 15) is 9.90 Å². The first-order chi connectivity index (χ1) is 8.42. The summed E-state index contributed by atoms with van der Waals surface area (Å²) in [5, 5.41) is 9.54. The molecule has 0 saturated carbocycles. The molecule has 0 aliphatic carbocycles. The zero-order valence-corrected chi connectivity index (χ0v) is 11.6. The van der Waals surface area contributed by atoms with Crippen molar-refractivity contribution in [2.24, 2.45) is 5.41 Å². The summed E-state index contributed by atoms with van der Waals surface area (Å²) in [5.74, 6) is 0.115. The number of Topliss-reactive ketones (excluding diaryl/α,β-unsaturated/α-hetero) is 1. The van der Waals surface area contributed by atoms with Gasteiger partial charge in [0.1, 0.15) is 0 Å². The second-order valence-electron chi connectivity index (χ2n) is 5.12. The van der Waals surface area contributed by atoms with E-state index < -0.39 is 6.29 Å². The van der Waals surface area contributed by atoms with E-state index in [1.165, 1.54) is 7.11 Å². The van der Waals surface area contributed by atoms with Crippen LogP contribution in [0.3, 0.4) is 0 Å². The van der Waals surface area contributed by atoms with Gasteiger partial charge in [0.2, 0.25) is 0 Å². The maximum atomic E-state index is 12.5. The van der Waals surface area contributed by atoms with E-state index in [2.05, 4.69) is 0 Å². The van der Waals surface area contributed by atoms with Crippen molar-refractivity contribution in [1.82, 2.24) is 0 Å². The number of carbonyl (C=O) groups is 1. The molecular weight excluding hydrogens is 228 g/mol. The Hall–Kier alpha value is -1.19. The quantitative estimate of drug-likeness (QED) is 0.624. The standard InChI is InChI=1S/C15H22O3/c1-5-15(2,3)14(17)12-9-7-6-8-11(12)10-13(16)18-4/h6-9,13,16H,5,10H2,1-4H3. The number of aliphatic hydroxyl groups excluding tert-OH is 1. The third kappa shape index (κ3) is 3.40. The van der Waals surface area contributed by atoms with Crippen molar-refractivity contribution in [3.63, 3.8) is 0 Å². The Balaban J connectivity index is 3.06. The Labute approximate surface area is 109 Å². The van der Waals surface area contributed by atoms with Gasteiger partial charge < -0.3 is 9.84 Å². The van der Waals surface area contributed by atoms with Gasteiger partial charge in [-0.25, -0.2) is 0 Å². The minimum Gasteiger partial charge on any atom is -0.368 e. The maximum Gasteiger partial charge on any atom is 0.168 e. The van der Waals surface area contributed by atoms with Crippen LogP contribution < -0.4 is 0 Å². The summed E-state index contributed by atoms with van der Waals surface area (Å²) in [5.41, 5.74) is 1.13. The number of hydrogen-bond donors (Lipinski definition) is 1. The number of carbonyl (C=O) groups excluding carboxylic acids is 1. The lowest BCUT2D eigenvalue weighted by Crippen LogP contribution is -2.25. The molecule has 1 atom stereocenters. The van der Waals surface area contributed by atoms with Gasteiger partial charge in [0.15, 0.2) is 12.1 Å². The van der Waals surface area contributed by atoms with Gasteiger partial charge in [0.25, 0.3) is 0 Å². The van der Waals surface area contributed by atoms with Crippen LogP contribution in [0.15, 0.2) is 24.3 Å². The Morgan fingerprint density at radius 3 is 2.56 bits per heavy atom. The molecule has 0 fully saturated rings. The SMILES string of the molecule is CCC(C)(C)C(=O)c1ccccc1CC(O)OC. The van der Waals surface area contributed by atoms with Crippen LogP contribution in [0.25, 0.3) is 0 Å². The van der Waals surface area contributed by atoms with Crippen LogP contribution in [0.1, 0.15) is 43.1 Å². The molecule has 3 nitrogen and oxygen atoms in total. The molecule has 0 aliphatic heterocycles. The fourth-order valence-corrected chi connectivity index (χ4v) is 1.72. The first-order valence-electron chi connectivity index (χ1n) is 6.26. The minimum absolute atomic E-state index is 0.115. The molecule has 1 rings (SSSR count). The van der Waals surface area contributed by atoms with Crippen LogP contribution in [0, 0.1) is 5.41 Å². The number of rotatable bonds is 6. The normalized spacial score (nSPS) is 13.4. The Morgan fingerprint density at radius 1 is 1.39 bits per heavy atom. The molecule has 3 heteroatoms.